The second-order valence-electron chi connectivity index (χ2n) is 6.83. The minimum Gasteiger partial charge on any atom is -0.350 e. The highest BCUT2D eigenvalue weighted by molar-refractivity contribution is 7.99. The number of hydrogen-bond donors (Lipinski definition) is 0. The van der Waals surface area contributed by atoms with E-state index in [9.17, 15) is 4.79 Å². The standard InChI is InChI=1S/C19H27NO3S/c1-15(2)24-17-6-4-16(5-7-17)14-18(21)20-10-8-19(9-11-20)22-12-3-13-23-19/h4-7,15H,3,8-14H2,1-2H3. The topological polar surface area (TPSA) is 38.8 Å². The molecule has 3 rings (SSSR count). The van der Waals surface area contributed by atoms with Gasteiger partial charge in [0.1, 0.15) is 0 Å². The quantitative estimate of drug-likeness (QED) is 0.780. The van der Waals surface area contributed by atoms with E-state index in [0.717, 1.165) is 51.1 Å². The van der Waals surface area contributed by atoms with E-state index in [1.165, 1.54) is 4.90 Å². The van der Waals surface area contributed by atoms with Crippen LogP contribution in [0.3, 0.4) is 0 Å². The lowest BCUT2D eigenvalue weighted by atomic mass is 10.0. The first-order valence-corrected chi connectivity index (χ1v) is 9.76. The van der Waals surface area contributed by atoms with Crippen molar-refractivity contribution in [2.75, 3.05) is 26.3 Å². The van der Waals surface area contributed by atoms with Crippen LogP contribution in [0.25, 0.3) is 0 Å². The molecule has 2 heterocycles. The number of amides is 1. The van der Waals surface area contributed by atoms with Crippen LogP contribution in [0, 0.1) is 0 Å². The molecule has 0 N–H and O–H groups in total. The van der Waals surface area contributed by atoms with Crippen LogP contribution in [-0.2, 0) is 20.7 Å². The maximum absolute atomic E-state index is 12.5. The number of thioether (sulfide) groups is 1. The largest absolute Gasteiger partial charge is 0.350 e. The molecule has 0 atom stereocenters. The summed E-state index contributed by atoms with van der Waals surface area (Å²) in [7, 11) is 0. The highest BCUT2D eigenvalue weighted by atomic mass is 32.2. The number of ether oxygens (including phenoxy) is 2. The third kappa shape index (κ3) is 4.52. The molecule has 24 heavy (non-hydrogen) atoms. The molecule has 1 aromatic rings. The molecule has 132 valence electrons. The molecule has 0 unspecified atom stereocenters. The number of carbonyl (C=O) groups is 1. The van der Waals surface area contributed by atoms with Gasteiger partial charge >= 0.3 is 0 Å². The Kier molecular flexibility index (Phi) is 5.85. The van der Waals surface area contributed by atoms with Crippen LogP contribution < -0.4 is 0 Å². The van der Waals surface area contributed by atoms with E-state index in [4.69, 9.17) is 9.47 Å². The fourth-order valence-electron chi connectivity index (χ4n) is 3.25. The van der Waals surface area contributed by atoms with E-state index in [2.05, 4.69) is 38.1 Å². The van der Waals surface area contributed by atoms with Crippen molar-refractivity contribution in [2.24, 2.45) is 0 Å². The third-order valence-electron chi connectivity index (χ3n) is 4.55. The lowest BCUT2D eigenvalue weighted by Gasteiger charge is -2.43. The third-order valence-corrected chi connectivity index (χ3v) is 5.56. The van der Waals surface area contributed by atoms with E-state index in [1.807, 2.05) is 16.7 Å². The van der Waals surface area contributed by atoms with Crippen molar-refractivity contribution in [3.8, 4) is 0 Å². The second-order valence-corrected chi connectivity index (χ2v) is 8.48. The first-order valence-electron chi connectivity index (χ1n) is 8.88. The van der Waals surface area contributed by atoms with Gasteiger partial charge in [0.2, 0.25) is 5.91 Å². The van der Waals surface area contributed by atoms with Gasteiger partial charge < -0.3 is 14.4 Å². The molecule has 0 aliphatic carbocycles. The molecule has 2 saturated heterocycles. The fraction of sp³-hybridized carbons (Fsp3) is 0.632. The fourth-order valence-corrected chi connectivity index (χ4v) is 4.08. The van der Waals surface area contributed by atoms with Crippen LogP contribution in [0.4, 0.5) is 0 Å². The van der Waals surface area contributed by atoms with Crippen molar-refractivity contribution in [3.63, 3.8) is 0 Å². The predicted molar refractivity (Wildman–Crippen MR) is 96.2 cm³/mol. The van der Waals surface area contributed by atoms with Crippen LogP contribution in [0.15, 0.2) is 29.2 Å². The molecule has 1 aromatic carbocycles. The molecule has 0 saturated carbocycles. The number of benzene rings is 1. The van der Waals surface area contributed by atoms with Gasteiger partial charge in [-0.05, 0) is 24.1 Å². The van der Waals surface area contributed by atoms with Gasteiger partial charge in [-0.15, -0.1) is 11.8 Å². The van der Waals surface area contributed by atoms with Gasteiger partial charge in [-0.3, -0.25) is 4.79 Å². The van der Waals surface area contributed by atoms with Gasteiger partial charge in [-0.1, -0.05) is 26.0 Å². The summed E-state index contributed by atoms with van der Waals surface area (Å²) < 4.78 is 11.7. The molecular formula is C19H27NO3S. The Hall–Kier alpha value is -1.04. The van der Waals surface area contributed by atoms with Crippen molar-refractivity contribution in [2.45, 2.75) is 55.5 Å². The van der Waals surface area contributed by atoms with Crippen LogP contribution in [-0.4, -0.2) is 48.1 Å². The van der Waals surface area contributed by atoms with Gasteiger partial charge in [0.15, 0.2) is 5.79 Å². The minimum absolute atomic E-state index is 0.199. The van der Waals surface area contributed by atoms with Crippen molar-refractivity contribution in [1.82, 2.24) is 4.90 Å². The summed E-state index contributed by atoms with van der Waals surface area (Å²) in [5.74, 6) is -0.227. The summed E-state index contributed by atoms with van der Waals surface area (Å²) in [4.78, 5) is 15.7. The summed E-state index contributed by atoms with van der Waals surface area (Å²) >= 11 is 1.84. The number of rotatable bonds is 4. The summed E-state index contributed by atoms with van der Waals surface area (Å²) in [6.07, 6.45) is 3.00. The predicted octanol–water partition coefficient (Wildman–Crippen LogP) is 3.49. The Morgan fingerprint density at radius 1 is 1.17 bits per heavy atom. The molecule has 1 spiro atoms. The van der Waals surface area contributed by atoms with E-state index in [0.29, 0.717) is 11.7 Å². The minimum atomic E-state index is -0.426. The Labute approximate surface area is 148 Å². The zero-order valence-electron chi connectivity index (χ0n) is 14.6. The molecule has 2 aliphatic rings. The highest BCUT2D eigenvalue weighted by Crippen LogP contribution is 2.31. The van der Waals surface area contributed by atoms with Gasteiger partial charge in [0.25, 0.3) is 0 Å². The smallest absolute Gasteiger partial charge is 0.226 e. The number of hydrogen-bond acceptors (Lipinski definition) is 4. The Bertz CT molecular complexity index is 542. The molecule has 0 aromatic heterocycles. The first kappa shape index (κ1) is 17.8. The van der Waals surface area contributed by atoms with Gasteiger partial charge in [-0.25, -0.2) is 0 Å². The van der Waals surface area contributed by atoms with E-state index in [-0.39, 0.29) is 5.91 Å². The molecule has 4 nitrogen and oxygen atoms in total. The number of nitrogens with zero attached hydrogens (tertiary/aromatic N) is 1. The van der Waals surface area contributed by atoms with E-state index < -0.39 is 5.79 Å². The number of likely N-dealkylation sites (tertiary alicyclic amines) is 1. The van der Waals surface area contributed by atoms with Gasteiger partial charge in [-0.2, -0.15) is 0 Å². The summed E-state index contributed by atoms with van der Waals surface area (Å²) in [5.41, 5.74) is 1.08. The van der Waals surface area contributed by atoms with E-state index >= 15 is 0 Å². The van der Waals surface area contributed by atoms with E-state index in [1.54, 1.807) is 0 Å². The van der Waals surface area contributed by atoms with Crippen molar-refractivity contribution < 1.29 is 14.3 Å². The van der Waals surface area contributed by atoms with Crippen molar-refractivity contribution in [3.05, 3.63) is 29.8 Å². The van der Waals surface area contributed by atoms with Crippen molar-refractivity contribution in [1.29, 1.82) is 0 Å². The second kappa shape index (κ2) is 7.89. The normalized spacial score (nSPS) is 20.5. The van der Waals surface area contributed by atoms with Gasteiger partial charge in [0, 0.05) is 36.1 Å². The van der Waals surface area contributed by atoms with Crippen LogP contribution in [0.2, 0.25) is 0 Å². The molecule has 1 amide bonds. The van der Waals surface area contributed by atoms with Crippen molar-refractivity contribution >= 4 is 17.7 Å². The Morgan fingerprint density at radius 3 is 2.38 bits per heavy atom. The van der Waals surface area contributed by atoms with Crippen LogP contribution in [0.5, 0.6) is 0 Å². The van der Waals surface area contributed by atoms with Crippen LogP contribution in [0.1, 0.15) is 38.7 Å². The Balaban J connectivity index is 1.50. The number of carbonyl (C=O) groups excluding carboxylic acids is 1. The number of piperidine rings is 1. The molecule has 0 radical (unpaired) electrons. The lowest BCUT2D eigenvalue weighted by molar-refractivity contribution is -0.282. The maximum atomic E-state index is 12.5. The van der Waals surface area contributed by atoms with Crippen LogP contribution >= 0.6 is 11.8 Å². The average molecular weight is 349 g/mol. The zero-order chi connectivity index (χ0) is 17.0. The summed E-state index contributed by atoms with van der Waals surface area (Å²) in [6.45, 7) is 7.36. The maximum Gasteiger partial charge on any atom is 0.226 e. The lowest BCUT2D eigenvalue weighted by Crippen LogP contribution is -2.51. The highest BCUT2D eigenvalue weighted by Gasteiger charge is 2.39. The average Bonchev–Trinajstić information content (AvgIpc) is 2.57. The molecule has 2 fully saturated rings. The monoisotopic (exact) mass is 349 g/mol. The SMILES string of the molecule is CC(C)Sc1ccc(CC(=O)N2CCC3(CC2)OCCCO3)cc1. The first-order chi connectivity index (χ1) is 11.6. The molecule has 0 bridgehead atoms. The molecule has 2 aliphatic heterocycles. The molecule has 5 heteroatoms. The Morgan fingerprint density at radius 2 is 1.79 bits per heavy atom. The summed E-state index contributed by atoms with van der Waals surface area (Å²) in [5, 5.41) is 0.572. The molecular weight excluding hydrogens is 322 g/mol. The van der Waals surface area contributed by atoms with Gasteiger partial charge in [0.05, 0.1) is 19.6 Å². The summed E-state index contributed by atoms with van der Waals surface area (Å²) in [6, 6.07) is 8.37. The zero-order valence-corrected chi connectivity index (χ0v) is 15.4.